The van der Waals surface area contributed by atoms with Gasteiger partial charge in [-0.3, -0.25) is 0 Å². The molecule has 1 unspecified atom stereocenters. The third-order valence-corrected chi connectivity index (χ3v) is 2.70. The summed E-state index contributed by atoms with van der Waals surface area (Å²) >= 11 is 0. The van der Waals surface area contributed by atoms with Crippen LogP contribution >= 0.6 is 0 Å². The SMILES string of the molecule is COc1ccccc1C(C#N)c1nccn1C. The summed E-state index contributed by atoms with van der Waals surface area (Å²) in [6.45, 7) is 0. The van der Waals surface area contributed by atoms with Gasteiger partial charge in [0.05, 0.1) is 13.2 Å². The number of para-hydroxylation sites is 1. The second-order valence-corrected chi connectivity index (χ2v) is 3.70. The number of nitrogens with zero attached hydrogens (tertiary/aromatic N) is 3. The minimum atomic E-state index is -0.411. The molecule has 0 N–H and O–H groups in total. The maximum absolute atomic E-state index is 9.34. The number of nitriles is 1. The highest BCUT2D eigenvalue weighted by Crippen LogP contribution is 2.29. The van der Waals surface area contributed by atoms with Crippen molar-refractivity contribution in [3.63, 3.8) is 0 Å². The molecule has 1 aromatic carbocycles. The molecule has 86 valence electrons. The average molecular weight is 227 g/mol. The molecule has 1 atom stereocenters. The Labute approximate surface area is 100 Å². The van der Waals surface area contributed by atoms with E-state index < -0.39 is 5.92 Å². The van der Waals surface area contributed by atoms with Gasteiger partial charge in [-0.25, -0.2) is 4.98 Å². The summed E-state index contributed by atoms with van der Waals surface area (Å²) in [4.78, 5) is 4.22. The van der Waals surface area contributed by atoms with Crippen molar-refractivity contribution < 1.29 is 4.74 Å². The van der Waals surface area contributed by atoms with Crippen molar-refractivity contribution in [2.45, 2.75) is 5.92 Å². The Balaban J connectivity index is 2.51. The summed E-state index contributed by atoms with van der Waals surface area (Å²) in [5.74, 6) is 1.02. The van der Waals surface area contributed by atoms with Gasteiger partial charge in [0.2, 0.25) is 0 Å². The van der Waals surface area contributed by atoms with Crippen LogP contribution in [0.25, 0.3) is 0 Å². The molecular weight excluding hydrogens is 214 g/mol. The number of aromatic nitrogens is 2. The third-order valence-electron chi connectivity index (χ3n) is 2.70. The molecule has 17 heavy (non-hydrogen) atoms. The lowest BCUT2D eigenvalue weighted by Gasteiger charge is -2.13. The first kappa shape index (κ1) is 11.2. The molecule has 4 heteroatoms. The van der Waals surface area contributed by atoms with Gasteiger partial charge in [0.25, 0.3) is 0 Å². The second-order valence-electron chi connectivity index (χ2n) is 3.70. The number of rotatable bonds is 3. The minimum Gasteiger partial charge on any atom is -0.496 e. The van der Waals surface area contributed by atoms with Crippen LogP contribution in [0.4, 0.5) is 0 Å². The van der Waals surface area contributed by atoms with E-state index in [0.29, 0.717) is 5.75 Å². The molecule has 1 heterocycles. The lowest BCUT2D eigenvalue weighted by Crippen LogP contribution is -2.07. The van der Waals surface area contributed by atoms with E-state index in [1.54, 1.807) is 13.3 Å². The maximum Gasteiger partial charge on any atom is 0.133 e. The fourth-order valence-corrected chi connectivity index (χ4v) is 1.83. The number of aryl methyl sites for hydroxylation is 1. The minimum absolute atomic E-state index is 0.411. The first-order valence-corrected chi connectivity index (χ1v) is 5.27. The zero-order chi connectivity index (χ0) is 12.3. The third kappa shape index (κ3) is 2.00. The van der Waals surface area contributed by atoms with Gasteiger partial charge >= 0.3 is 0 Å². The lowest BCUT2D eigenvalue weighted by atomic mass is 9.99. The van der Waals surface area contributed by atoms with E-state index in [9.17, 15) is 5.26 Å². The van der Waals surface area contributed by atoms with Gasteiger partial charge in [-0.2, -0.15) is 5.26 Å². The van der Waals surface area contributed by atoms with Gasteiger partial charge in [0.15, 0.2) is 0 Å². The number of benzene rings is 1. The highest BCUT2D eigenvalue weighted by Gasteiger charge is 2.20. The van der Waals surface area contributed by atoms with Crippen LogP contribution in [-0.2, 0) is 7.05 Å². The van der Waals surface area contributed by atoms with Gasteiger partial charge in [-0.1, -0.05) is 18.2 Å². The summed E-state index contributed by atoms with van der Waals surface area (Å²) in [5, 5.41) is 9.34. The molecule has 0 spiro atoms. The fraction of sp³-hybridized carbons (Fsp3) is 0.231. The molecule has 2 rings (SSSR count). The molecule has 0 saturated heterocycles. The van der Waals surface area contributed by atoms with Crippen molar-refractivity contribution in [2.24, 2.45) is 7.05 Å². The number of hydrogen-bond donors (Lipinski definition) is 0. The molecule has 1 aromatic heterocycles. The Hall–Kier alpha value is -2.28. The fourth-order valence-electron chi connectivity index (χ4n) is 1.83. The monoisotopic (exact) mass is 227 g/mol. The normalized spacial score (nSPS) is 11.8. The first-order chi connectivity index (χ1) is 8.27. The highest BCUT2D eigenvalue weighted by atomic mass is 16.5. The molecule has 0 aliphatic carbocycles. The van der Waals surface area contributed by atoms with E-state index in [2.05, 4.69) is 11.1 Å². The van der Waals surface area contributed by atoms with E-state index in [4.69, 9.17) is 4.74 Å². The maximum atomic E-state index is 9.34. The Morgan fingerprint density at radius 1 is 1.41 bits per heavy atom. The van der Waals surface area contributed by atoms with Crippen LogP contribution in [0.2, 0.25) is 0 Å². The Kier molecular flexibility index (Phi) is 3.10. The van der Waals surface area contributed by atoms with Crippen molar-refractivity contribution in [1.82, 2.24) is 9.55 Å². The van der Waals surface area contributed by atoms with Crippen LogP contribution in [0.1, 0.15) is 17.3 Å². The van der Waals surface area contributed by atoms with Crippen LogP contribution in [0.3, 0.4) is 0 Å². The first-order valence-electron chi connectivity index (χ1n) is 5.27. The summed E-state index contributed by atoms with van der Waals surface area (Å²) in [6.07, 6.45) is 3.52. The van der Waals surface area contributed by atoms with E-state index in [1.165, 1.54) is 0 Å². The Morgan fingerprint density at radius 2 is 2.18 bits per heavy atom. The molecule has 0 aliphatic rings. The zero-order valence-corrected chi connectivity index (χ0v) is 9.79. The smallest absolute Gasteiger partial charge is 0.133 e. The average Bonchev–Trinajstić information content (AvgIpc) is 2.78. The van der Waals surface area contributed by atoms with Gasteiger partial charge < -0.3 is 9.30 Å². The molecule has 0 bridgehead atoms. The van der Waals surface area contributed by atoms with Crippen LogP contribution < -0.4 is 4.74 Å². The van der Waals surface area contributed by atoms with Crippen LogP contribution in [0.15, 0.2) is 36.7 Å². The summed E-state index contributed by atoms with van der Waals surface area (Å²) in [5.41, 5.74) is 0.840. The second kappa shape index (κ2) is 4.71. The van der Waals surface area contributed by atoms with Crippen molar-refractivity contribution in [3.8, 4) is 11.8 Å². The molecule has 4 nitrogen and oxygen atoms in total. The predicted molar refractivity (Wildman–Crippen MR) is 63.7 cm³/mol. The number of imidazole rings is 1. The van der Waals surface area contributed by atoms with Gasteiger partial charge in [0.1, 0.15) is 17.5 Å². The predicted octanol–water partition coefficient (Wildman–Crippen LogP) is 2.08. The number of hydrogen-bond acceptors (Lipinski definition) is 3. The number of methoxy groups -OCH3 is 1. The zero-order valence-electron chi connectivity index (χ0n) is 9.79. The molecule has 0 radical (unpaired) electrons. The summed E-state index contributed by atoms with van der Waals surface area (Å²) in [6, 6.07) is 9.79. The van der Waals surface area contributed by atoms with E-state index in [0.717, 1.165) is 11.4 Å². The van der Waals surface area contributed by atoms with Crippen molar-refractivity contribution in [3.05, 3.63) is 48.0 Å². The Bertz CT molecular complexity index is 554. The summed E-state index contributed by atoms with van der Waals surface area (Å²) in [7, 11) is 3.48. The highest BCUT2D eigenvalue weighted by molar-refractivity contribution is 5.42. The van der Waals surface area contributed by atoms with E-state index >= 15 is 0 Å². The van der Waals surface area contributed by atoms with Crippen LogP contribution in [0, 0.1) is 11.3 Å². The molecule has 0 amide bonds. The van der Waals surface area contributed by atoms with Gasteiger partial charge in [-0.15, -0.1) is 0 Å². The van der Waals surface area contributed by atoms with Crippen molar-refractivity contribution in [2.75, 3.05) is 7.11 Å². The summed E-state index contributed by atoms with van der Waals surface area (Å²) < 4.78 is 7.13. The molecule has 0 fully saturated rings. The van der Waals surface area contributed by atoms with Gasteiger partial charge in [0, 0.05) is 25.0 Å². The molecule has 2 aromatic rings. The van der Waals surface area contributed by atoms with E-state index in [1.807, 2.05) is 42.1 Å². The largest absolute Gasteiger partial charge is 0.496 e. The van der Waals surface area contributed by atoms with Crippen LogP contribution in [-0.4, -0.2) is 16.7 Å². The molecule has 0 aliphatic heterocycles. The van der Waals surface area contributed by atoms with Crippen molar-refractivity contribution in [1.29, 1.82) is 5.26 Å². The quantitative estimate of drug-likeness (QED) is 0.806. The molecular formula is C13H13N3O. The van der Waals surface area contributed by atoms with Crippen LogP contribution in [0.5, 0.6) is 5.75 Å². The standard InChI is InChI=1S/C13H13N3O/c1-16-8-7-15-13(16)11(9-14)10-5-3-4-6-12(10)17-2/h3-8,11H,1-2H3. The van der Waals surface area contributed by atoms with E-state index in [-0.39, 0.29) is 0 Å². The van der Waals surface area contributed by atoms with Crippen molar-refractivity contribution >= 4 is 0 Å². The molecule has 0 saturated carbocycles. The Morgan fingerprint density at radius 3 is 2.76 bits per heavy atom. The topological polar surface area (TPSA) is 50.8 Å². The number of ether oxygens (including phenoxy) is 1. The van der Waals surface area contributed by atoms with Gasteiger partial charge in [-0.05, 0) is 6.07 Å². The lowest BCUT2D eigenvalue weighted by molar-refractivity contribution is 0.409.